The van der Waals surface area contributed by atoms with Crippen LogP contribution >= 0.6 is 23.2 Å². The quantitative estimate of drug-likeness (QED) is 0.695. The van der Waals surface area contributed by atoms with Gasteiger partial charge in [-0.15, -0.1) is 16.7 Å². The number of aryl methyl sites for hydroxylation is 2. The molecule has 0 atom stereocenters. The highest BCUT2D eigenvalue weighted by molar-refractivity contribution is 6.31. The molecular formula is C12H11Cl2N5. The van der Waals surface area contributed by atoms with E-state index in [-0.39, 0.29) is 0 Å². The summed E-state index contributed by atoms with van der Waals surface area (Å²) in [5, 5.41) is 8.40. The maximum Gasteiger partial charge on any atom is 0.124 e. The Bertz CT molecular complexity index is 690. The molecule has 1 aromatic carbocycles. The Kier molecular flexibility index (Phi) is 3.40. The van der Waals surface area contributed by atoms with Crippen LogP contribution in [-0.4, -0.2) is 24.5 Å². The third kappa shape index (κ3) is 2.43. The molecule has 0 amide bonds. The van der Waals surface area contributed by atoms with Gasteiger partial charge in [-0.3, -0.25) is 4.68 Å². The van der Waals surface area contributed by atoms with Gasteiger partial charge >= 0.3 is 0 Å². The lowest BCUT2D eigenvalue weighted by atomic mass is 10.3. The number of benzene rings is 1. The number of halogens is 2. The van der Waals surface area contributed by atoms with Crippen molar-refractivity contribution in [2.24, 2.45) is 0 Å². The summed E-state index contributed by atoms with van der Waals surface area (Å²) in [6.45, 7) is 1.46. The molecule has 19 heavy (non-hydrogen) atoms. The van der Waals surface area contributed by atoms with Gasteiger partial charge in [0.15, 0.2) is 0 Å². The zero-order valence-electron chi connectivity index (χ0n) is 10.0. The predicted octanol–water partition coefficient (Wildman–Crippen LogP) is 2.72. The van der Waals surface area contributed by atoms with Gasteiger partial charge in [0.25, 0.3) is 0 Å². The van der Waals surface area contributed by atoms with E-state index in [4.69, 9.17) is 23.2 Å². The van der Waals surface area contributed by atoms with E-state index >= 15 is 0 Å². The molecule has 0 saturated heterocycles. The van der Waals surface area contributed by atoms with Crippen molar-refractivity contribution < 1.29 is 0 Å². The molecular weight excluding hydrogens is 285 g/mol. The Morgan fingerprint density at radius 1 is 1.21 bits per heavy atom. The van der Waals surface area contributed by atoms with Crippen LogP contribution in [-0.2, 0) is 19.0 Å². The number of imidazole rings is 1. The summed E-state index contributed by atoms with van der Waals surface area (Å²) in [7, 11) is 0. The zero-order valence-corrected chi connectivity index (χ0v) is 11.5. The van der Waals surface area contributed by atoms with Gasteiger partial charge in [0.05, 0.1) is 29.7 Å². The van der Waals surface area contributed by atoms with Gasteiger partial charge < -0.3 is 4.57 Å². The number of hydrogen-bond acceptors (Lipinski definition) is 3. The van der Waals surface area contributed by atoms with Gasteiger partial charge in [0.1, 0.15) is 5.82 Å². The van der Waals surface area contributed by atoms with E-state index in [0.717, 1.165) is 29.9 Å². The monoisotopic (exact) mass is 295 g/mol. The first-order valence-electron chi connectivity index (χ1n) is 5.82. The van der Waals surface area contributed by atoms with E-state index < -0.39 is 0 Å². The van der Waals surface area contributed by atoms with Crippen LogP contribution < -0.4 is 0 Å². The van der Waals surface area contributed by atoms with E-state index in [1.165, 1.54) is 0 Å². The third-order valence-corrected chi connectivity index (χ3v) is 3.41. The fourth-order valence-electron chi connectivity index (χ4n) is 2.06. The molecule has 3 aromatic rings. The number of hydrogen-bond donors (Lipinski definition) is 0. The van der Waals surface area contributed by atoms with Crippen molar-refractivity contribution in [3.05, 3.63) is 41.4 Å². The van der Waals surface area contributed by atoms with Gasteiger partial charge in [-0.2, -0.15) is 0 Å². The van der Waals surface area contributed by atoms with Gasteiger partial charge in [0, 0.05) is 17.8 Å². The molecule has 0 aliphatic carbocycles. The first kappa shape index (κ1) is 12.4. The summed E-state index contributed by atoms with van der Waals surface area (Å²) >= 11 is 11.9. The van der Waals surface area contributed by atoms with Gasteiger partial charge in [-0.05, 0) is 18.2 Å². The largest absolute Gasteiger partial charge is 0.325 e. The molecule has 0 fully saturated rings. The second kappa shape index (κ2) is 5.19. The van der Waals surface area contributed by atoms with Crippen molar-refractivity contribution in [1.82, 2.24) is 24.5 Å². The number of fused-ring (bicyclic) bond motifs is 1. The first-order chi connectivity index (χ1) is 9.28. The molecule has 0 bridgehead atoms. The molecule has 0 N–H and O–H groups in total. The Balaban J connectivity index is 1.96. The standard InChI is InChI=1S/C12H11Cl2N5/c13-8-12-16-10-7-9(14)1-2-11(10)19(12)6-5-18-4-3-15-17-18/h1-4,7H,5-6,8H2. The fraction of sp³-hybridized carbons (Fsp3) is 0.250. The van der Waals surface area contributed by atoms with Crippen LogP contribution in [0.5, 0.6) is 0 Å². The van der Waals surface area contributed by atoms with Crippen molar-refractivity contribution in [3.8, 4) is 0 Å². The number of rotatable bonds is 4. The van der Waals surface area contributed by atoms with Crippen molar-refractivity contribution in [1.29, 1.82) is 0 Å². The SMILES string of the molecule is ClCc1nc2cc(Cl)ccc2n1CCn1ccnn1. The highest BCUT2D eigenvalue weighted by atomic mass is 35.5. The minimum Gasteiger partial charge on any atom is -0.325 e. The highest BCUT2D eigenvalue weighted by Crippen LogP contribution is 2.21. The summed E-state index contributed by atoms with van der Waals surface area (Å²) in [4.78, 5) is 4.49. The van der Waals surface area contributed by atoms with Gasteiger partial charge in [-0.25, -0.2) is 4.98 Å². The van der Waals surface area contributed by atoms with Crippen LogP contribution in [0.3, 0.4) is 0 Å². The first-order valence-corrected chi connectivity index (χ1v) is 6.74. The van der Waals surface area contributed by atoms with Gasteiger partial charge in [0.2, 0.25) is 0 Å². The summed E-state index contributed by atoms with van der Waals surface area (Å²) in [6, 6.07) is 5.66. The lowest BCUT2D eigenvalue weighted by Gasteiger charge is -2.07. The zero-order chi connectivity index (χ0) is 13.2. The minimum absolute atomic E-state index is 0.365. The van der Waals surface area contributed by atoms with E-state index in [9.17, 15) is 0 Å². The molecule has 0 radical (unpaired) electrons. The Morgan fingerprint density at radius 3 is 2.84 bits per heavy atom. The van der Waals surface area contributed by atoms with E-state index in [1.807, 2.05) is 24.4 Å². The predicted molar refractivity (Wildman–Crippen MR) is 74.3 cm³/mol. The van der Waals surface area contributed by atoms with Crippen molar-refractivity contribution in [3.63, 3.8) is 0 Å². The fourth-order valence-corrected chi connectivity index (χ4v) is 2.43. The number of nitrogens with zero attached hydrogens (tertiary/aromatic N) is 5. The summed E-state index contributed by atoms with van der Waals surface area (Å²) < 4.78 is 3.86. The van der Waals surface area contributed by atoms with Crippen LogP contribution in [0.25, 0.3) is 11.0 Å². The van der Waals surface area contributed by atoms with Crippen molar-refractivity contribution in [2.75, 3.05) is 0 Å². The van der Waals surface area contributed by atoms with Crippen molar-refractivity contribution >= 4 is 34.2 Å². The maximum absolute atomic E-state index is 5.98. The molecule has 0 spiro atoms. The normalized spacial score (nSPS) is 11.3. The molecule has 7 heteroatoms. The van der Waals surface area contributed by atoms with E-state index in [0.29, 0.717) is 10.9 Å². The van der Waals surface area contributed by atoms with Crippen LogP contribution in [0.2, 0.25) is 5.02 Å². The third-order valence-electron chi connectivity index (χ3n) is 2.93. The second-order valence-corrected chi connectivity index (χ2v) is 4.82. The molecule has 2 heterocycles. The van der Waals surface area contributed by atoms with E-state index in [1.54, 1.807) is 10.9 Å². The molecule has 0 aliphatic heterocycles. The second-order valence-electron chi connectivity index (χ2n) is 4.11. The minimum atomic E-state index is 0.365. The molecule has 0 saturated carbocycles. The summed E-state index contributed by atoms with van der Waals surface area (Å²) in [5.41, 5.74) is 1.89. The Labute approximate surface area is 119 Å². The molecule has 0 unspecified atom stereocenters. The number of aromatic nitrogens is 5. The lowest BCUT2D eigenvalue weighted by Crippen LogP contribution is -2.10. The summed E-state index contributed by atoms with van der Waals surface area (Å²) in [5.74, 6) is 1.20. The molecule has 2 aromatic heterocycles. The average molecular weight is 296 g/mol. The van der Waals surface area contributed by atoms with E-state index in [2.05, 4.69) is 19.9 Å². The lowest BCUT2D eigenvalue weighted by molar-refractivity contribution is 0.519. The molecule has 98 valence electrons. The van der Waals surface area contributed by atoms with Crippen LogP contribution in [0, 0.1) is 0 Å². The topological polar surface area (TPSA) is 48.5 Å². The highest BCUT2D eigenvalue weighted by Gasteiger charge is 2.10. The maximum atomic E-state index is 5.98. The Morgan fingerprint density at radius 2 is 2.11 bits per heavy atom. The number of alkyl halides is 1. The average Bonchev–Trinajstić information content (AvgIpc) is 3.02. The van der Waals surface area contributed by atoms with Crippen LogP contribution in [0.1, 0.15) is 5.82 Å². The van der Waals surface area contributed by atoms with Gasteiger partial charge in [-0.1, -0.05) is 16.8 Å². The molecule has 0 aliphatic rings. The smallest absolute Gasteiger partial charge is 0.124 e. The van der Waals surface area contributed by atoms with Crippen molar-refractivity contribution in [2.45, 2.75) is 19.0 Å². The summed E-state index contributed by atoms with van der Waals surface area (Å²) in [6.07, 6.45) is 3.49. The van der Waals surface area contributed by atoms with Crippen LogP contribution in [0.15, 0.2) is 30.6 Å². The van der Waals surface area contributed by atoms with Crippen LogP contribution in [0.4, 0.5) is 0 Å². The molecule has 3 rings (SSSR count). The Hall–Kier alpha value is -1.59. The molecule has 5 nitrogen and oxygen atoms in total.